The van der Waals surface area contributed by atoms with E-state index in [0.717, 1.165) is 15.7 Å². The van der Waals surface area contributed by atoms with Crippen LogP contribution in [0, 0.1) is 6.92 Å². The summed E-state index contributed by atoms with van der Waals surface area (Å²) in [5.74, 6) is 0.328. The van der Waals surface area contributed by atoms with Crippen molar-refractivity contribution in [1.82, 2.24) is 15.0 Å². The van der Waals surface area contributed by atoms with E-state index >= 15 is 0 Å². The van der Waals surface area contributed by atoms with Crippen LogP contribution in [0.15, 0.2) is 53.4 Å². The van der Waals surface area contributed by atoms with E-state index in [2.05, 4.69) is 41.5 Å². The van der Waals surface area contributed by atoms with E-state index in [1.165, 1.54) is 6.20 Å². The second-order valence-corrected chi connectivity index (χ2v) is 6.45. The Bertz CT molecular complexity index is 917. The van der Waals surface area contributed by atoms with Gasteiger partial charge in [-0.1, -0.05) is 17.7 Å². The summed E-state index contributed by atoms with van der Waals surface area (Å²) in [5, 5.41) is 5.90. The summed E-state index contributed by atoms with van der Waals surface area (Å²) in [5.41, 5.74) is 2.86. The molecular formula is C17H13BrClN5O. The third-order valence-electron chi connectivity index (χ3n) is 3.26. The molecule has 1 aromatic carbocycles. The molecule has 25 heavy (non-hydrogen) atoms. The highest BCUT2D eigenvalue weighted by Crippen LogP contribution is 2.28. The number of urea groups is 1. The molecule has 3 rings (SSSR count). The average Bonchev–Trinajstić information content (AvgIpc) is 2.59. The van der Waals surface area contributed by atoms with Gasteiger partial charge in [0.05, 0.1) is 35.0 Å². The first-order valence-corrected chi connectivity index (χ1v) is 8.46. The Morgan fingerprint density at radius 3 is 2.68 bits per heavy atom. The minimum Gasteiger partial charge on any atom is -0.306 e. The van der Waals surface area contributed by atoms with Crippen molar-refractivity contribution in [3.63, 3.8) is 0 Å². The van der Waals surface area contributed by atoms with Crippen molar-refractivity contribution >= 4 is 45.1 Å². The van der Waals surface area contributed by atoms with Gasteiger partial charge in [-0.25, -0.2) is 9.78 Å². The van der Waals surface area contributed by atoms with Crippen LogP contribution in [0.25, 0.3) is 11.3 Å². The van der Waals surface area contributed by atoms with Crippen LogP contribution in [-0.2, 0) is 0 Å². The number of hydrogen-bond acceptors (Lipinski definition) is 4. The first-order chi connectivity index (χ1) is 12.0. The van der Waals surface area contributed by atoms with Crippen molar-refractivity contribution in [3.05, 3.63) is 64.1 Å². The summed E-state index contributed by atoms with van der Waals surface area (Å²) in [6.45, 7) is 1.87. The van der Waals surface area contributed by atoms with Gasteiger partial charge >= 0.3 is 6.03 Å². The lowest BCUT2D eigenvalue weighted by Gasteiger charge is -2.08. The number of nitrogens with zero attached hydrogens (tertiary/aromatic N) is 3. The Labute approximate surface area is 157 Å². The molecule has 126 valence electrons. The number of nitrogens with one attached hydrogen (secondary N) is 2. The third kappa shape index (κ3) is 4.52. The molecule has 0 atom stereocenters. The lowest BCUT2D eigenvalue weighted by Crippen LogP contribution is -2.20. The van der Waals surface area contributed by atoms with Gasteiger partial charge in [0.25, 0.3) is 0 Å². The van der Waals surface area contributed by atoms with Gasteiger partial charge in [0.1, 0.15) is 0 Å². The number of benzene rings is 1. The SMILES string of the molecule is Cc1ccc(NC(=O)Nc2cncc(-c3ccc(Br)c(Cl)c3)n2)cn1. The maximum absolute atomic E-state index is 12.1. The standard InChI is InChI=1S/C17H13BrClN5O/c1-10-2-4-12(7-21-10)22-17(25)24-16-9-20-8-15(23-16)11-3-5-13(18)14(19)6-11/h2-9H,1H3,(H2,22,23,24,25). The highest BCUT2D eigenvalue weighted by atomic mass is 79.9. The largest absolute Gasteiger partial charge is 0.324 e. The fraction of sp³-hybridized carbons (Fsp3) is 0.0588. The molecular weight excluding hydrogens is 406 g/mol. The Morgan fingerprint density at radius 1 is 1.12 bits per heavy atom. The Morgan fingerprint density at radius 2 is 1.96 bits per heavy atom. The van der Waals surface area contributed by atoms with E-state index in [9.17, 15) is 4.79 Å². The summed E-state index contributed by atoms with van der Waals surface area (Å²) < 4.78 is 0.797. The number of pyridine rings is 1. The number of amides is 2. The van der Waals surface area contributed by atoms with Crippen molar-refractivity contribution in [3.8, 4) is 11.3 Å². The molecule has 0 fully saturated rings. The summed E-state index contributed by atoms with van der Waals surface area (Å²) in [6.07, 6.45) is 4.66. The molecule has 6 nitrogen and oxygen atoms in total. The molecule has 0 unspecified atom stereocenters. The molecule has 0 aliphatic rings. The van der Waals surface area contributed by atoms with Gasteiger partial charge in [-0.05, 0) is 47.1 Å². The minimum absolute atomic E-state index is 0.328. The quantitative estimate of drug-likeness (QED) is 0.633. The highest BCUT2D eigenvalue weighted by molar-refractivity contribution is 9.10. The molecule has 2 heterocycles. The van der Waals surface area contributed by atoms with E-state index in [1.807, 2.05) is 25.1 Å². The van der Waals surface area contributed by atoms with Crippen LogP contribution in [0.2, 0.25) is 5.02 Å². The average molecular weight is 419 g/mol. The van der Waals surface area contributed by atoms with Gasteiger partial charge in [0, 0.05) is 15.7 Å². The van der Waals surface area contributed by atoms with Crippen LogP contribution >= 0.6 is 27.5 Å². The maximum atomic E-state index is 12.1. The summed E-state index contributed by atoms with van der Waals surface area (Å²) in [7, 11) is 0. The van der Waals surface area contributed by atoms with Crippen LogP contribution in [0.4, 0.5) is 16.3 Å². The number of carbonyl (C=O) groups excluding carboxylic acids is 1. The first-order valence-electron chi connectivity index (χ1n) is 7.29. The van der Waals surface area contributed by atoms with Crippen LogP contribution < -0.4 is 10.6 Å². The second-order valence-electron chi connectivity index (χ2n) is 5.19. The monoisotopic (exact) mass is 417 g/mol. The van der Waals surface area contributed by atoms with Crippen molar-refractivity contribution in [2.24, 2.45) is 0 Å². The van der Waals surface area contributed by atoms with Crippen molar-refractivity contribution < 1.29 is 4.79 Å². The van der Waals surface area contributed by atoms with Crippen LogP contribution in [0.1, 0.15) is 5.69 Å². The molecule has 2 aromatic heterocycles. The van der Waals surface area contributed by atoms with E-state index in [4.69, 9.17) is 11.6 Å². The number of hydrogen-bond donors (Lipinski definition) is 2. The van der Waals surface area contributed by atoms with Gasteiger partial charge in [-0.15, -0.1) is 0 Å². The van der Waals surface area contributed by atoms with E-state index in [0.29, 0.717) is 22.2 Å². The fourth-order valence-corrected chi connectivity index (χ4v) is 2.47. The zero-order valence-electron chi connectivity index (χ0n) is 13.1. The zero-order chi connectivity index (χ0) is 17.8. The van der Waals surface area contributed by atoms with Crippen LogP contribution in [0.3, 0.4) is 0 Å². The predicted molar refractivity (Wildman–Crippen MR) is 102 cm³/mol. The lowest BCUT2D eigenvalue weighted by molar-refractivity contribution is 0.262. The Kier molecular flexibility index (Phi) is 5.25. The Hall–Kier alpha value is -2.51. The first kappa shape index (κ1) is 17.3. The molecule has 0 saturated carbocycles. The maximum Gasteiger partial charge on any atom is 0.324 e. The molecule has 0 spiro atoms. The number of anilines is 2. The smallest absolute Gasteiger partial charge is 0.306 e. The molecule has 0 aliphatic heterocycles. The molecule has 2 N–H and O–H groups in total. The van der Waals surface area contributed by atoms with E-state index < -0.39 is 6.03 Å². The molecule has 3 aromatic rings. The van der Waals surface area contributed by atoms with Crippen molar-refractivity contribution in [2.45, 2.75) is 6.92 Å². The molecule has 8 heteroatoms. The van der Waals surface area contributed by atoms with Crippen LogP contribution in [0.5, 0.6) is 0 Å². The molecule has 0 radical (unpaired) electrons. The zero-order valence-corrected chi connectivity index (χ0v) is 15.5. The van der Waals surface area contributed by atoms with E-state index in [1.54, 1.807) is 24.5 Å². The number of rotatable bonds is 3. The van der Waals surface area contributed by atoms with Crippen molar-refractivity contribution in [1.29, 1.82) is 0 Å². The summed E-state index contributed by atoms with van der Waals surface area (Å²) >= 11 is 9.46. The van der Waals surface area contributed by atoms with Crippen molar-refractivity contribution in [2.75, 3.05) is 10.6 Å². The summed E-state index contributed by atoms with van der Waals surface area (Å²) in [4.78, 5) is 24.7. The number of halogens is 2. The molecule has 2 amide bonds. The Balaban J connectivity index is 1.73. The van der Waals surface area contributed by atoms with Gasteiger partial charge in [-0.3, -0.25) is 15.3 Å². The highest BCUT2D eigenvalue weighted by Gasteiger charge is 2.08. The normalized spacial score (nSPS) is 10.4. The lowest BCUT2D eigenvalue weighted by atomic mass is 10.2. The van der Waals surface area contributed by atoms with Gasteiger partial charge in [0.15, 0.2) is 5.82 Å². The van der Waals surface area contributed by atoms with Crippen LogP contribution in [-0.4, -0.2) is 21.0 Å². The third-order valence-corrected chi connectivity index (χ3v) is 4.49. The van der Waals surface area contributed by atoms with E-state index in [-0.39, 0.29) is 0 Å². The van der Waals surface area contributed by atoms with Gasteiger partial charge < -0.3 is 5.32 Å². The fourth-order valence-electron chi connectivity index (χ4n) is 2.04. The predicted octanol–water partition coefficient (Wildman–Crippen LogP) is 4.91. The number of aryl methyl sites for hydroxylation is 1. The van der Waals surface area contributed by atoms with Gasteiger partial charge in [-0.2, -0.15) is 0 Å². The summed E-state index contributed by atoms with van der Waals surface area (Å²) in [6, 6.07) is 8.63. The molecule has 0 saturated heterocycles. The molecule has 0 bridgehead atoms. The topological polar surface area (TPSA) is 79.8 Å². The number of carbonyl (C=O) groups is 1. The minimum atomic E-state index is -0.425. The second kappa shape index (κ2) is 7.58. The number of aromatic nitrogens is 3. The molecule has 0 aliphatic carbocycles. The van der Waals surface area contributed by atoms with Gasteiger partial charge in [0.2, 0.25) is 0 Å².